The van der Waals surface area contributed by atoms with Gasteiger partial charge in [0, 0.05) is 13.1 Å². The first-order chi connectivity index (χ1) is 18.4. The Kier molecular flexibility index (Phi) is 7.67. The van der Waals surface area contributed by atoms with Crippen molar-refractivity contribution in [3.05, 3.63) is 119 Å². The second-order valence-corrected chi connectivity index (χ2v) is 9.03. The second kappa shape index (κ2) is 10.8. The number of nitrogens with two attached hydrogens (primary N) is 2. The molecular formula is C29H26F6N4. The molecule has 0 radical (unpaired) electrons. The van der Waals surface area contributed by atoms with Gasteiger partial charge in [-0.2, -0.15) is 26.3 Å². The predicted molar refractivity (Wildman–Crippen MR) is 142 cm³/mol. The first kappa shape index (κ1) is 27.7. The summed E-state index contributed by atoms with van der Waals surface area (Å²) in [6, 6.07) is 23.4. The Balaban J connectivity index is 1.72. The first-order valence-electron chi connectivity index (χ1n) is 11.9. The van der Waals surface area contributed by atoms with E-state index >= 15 is 0 Å². The van der Waals surface area contributed by atoms with Crippen LogP contribution in [0.4, 0.5) is 49.1 Å². The van der Waals surface area contributed by atoms with Gasteiger partial charge in [0.05, 0.1) is 22.7 Å². The molecule has 0 aromatic heterocycles. The van der Waals surface area contributed by atoms with Crippen molar-refractivity contribution in [2.75, 3.05) is 22.1 Å². The van der Waals surface area contributed by atoms with Gasteiger partial charge in [-0.25, -0.2) is 0 Å². The predicted octanol–water partition coefficient (Wildman–Crippen LogP) is 7.49. The van der Waals surface area contributed by atoms with Gasteiger partial charge in [0.25, 0.3) is 0 Å². The highest BCUT2D eigenvalue weighted by Crippen LogP contribution is 2.57. The lowest BCUT2D eigenvalue weighted by Crippen LogP contribution is -2.54. The van der Waals surface area contributed by atoms with Crippen LogP contribution in [-0.4, -0.2) is 12.4 Å². The molecular weight excluding hydrogens is 518 g/mol. The lowest BCUT2D eigenvalue weighted by molar-refractivity contribution is -0.288. The molecule has 0 saturated carbocycles. The van der Waals surface area contributed by atoms with Crippen molar-refractivity contribution in [3.63, 3.8) is 0 Å². The van der Waals surface area contributed by atoms with Gasteiger partial charge in [0.1, 0.15) is 0 Å². The molecule has 0 fully saturated rings. The molecule has 0 bridgehead atoms. The topological polar surface area (TPSA) is 76.1 Å². The molecule has 4 aromatic carbocycles. The molecule has 4 rings (SSSR count). The van der Waals surface area contributed by atoms with E-state index in [9.17, 15) is 26.3 Å². The molecule has 10 heteroatoms. The van der Waals surface area contributed by atoms with E-state index in [1.165, 1.54) is 0 Å². The Morgan fingerprint density at radius 1 is 0.513 bits per heavy atom. The molecule has 6 N–H and O–H groups in total. The molecule has 4 aromatic rings. The fourth-order valence-corrected chi connectivity index (χ4v) is 4.48. The zero-order valence-corrected chi connectivity index (χ0v) is 20.6. The van der Waals surface area contributed by atoms with Gasteiger partial charge in [-0.05, 0) is 46.5 Å². The van der Waals surface area contributed by atoms with E-state index in [1.807, 2.05) is 36.4 Å². The maximum atomic E-state index is 14.6. The van der Waals surface area contributed by atoms with Crippen LogP contribution in [0.3, 0.4) is 0 Å². The van der Waals surface area contributed by atoms with Crippen LogP contribution in [0.25, 0.3) is 0 Å². The lowest BCUT2D eigenvalue weighted by atomic mass is 9.72. The van der Waals surface area contributed by atoms with Gasteiger partial charge in [0.2, 0.25) is 5.41 Å². The van der Waals surface area contributed by atoms with Gasteiger partial charge in [-0.1, -0.05) is 72.8 Å². The van der Waals surface area contributed by atoms with Crippen molar-refractivity contribution in [2.45, 2.75) is 30.9 Å². The molecule has 39 heavy (non-hydrogen) atoms. The number of nitrogens with one attached hydrogen (secondary N) is 2. The van der Waals surface area contributed by atoms with Gasteiger partial charge in [0.15, 0.2) is 0 Å². The Morgan fingerprint density at radius 2 is 0.872 bits per heavy atom. The zero-order chi connectivity index (χ0) is 28.3. The minimum absolute atomic E-state index is 0.209. The summed E-state index contributed by atoms with van der Waals surface area (Å²) in [4.78, 5) is 0. The number of nitrogen functional groups attached to an aromatic ring is 2. The third-order valence-electron chi connectivity index (χ3n) is 6.47. The number of halogens is 6. The minimum Gasteiger partial charge on any atom is -0.397 e. The Bertz CT molecular complexity index is 1290. The van der Waals surface area contributed by atoms with E-state index in [2.05, 4.69) is 10.6 Å². The van der Waals surface area contributed by atoms with Crippen molar-refractivity contribution in [1.29, 1.82) is 0 Å². The fourth-order valence-electron chi connectivity index (χ4n) is 4.48. The quantitative estimate of drug-likeness (QED) is 0.137. The molecule has 4 nitrogen and oxygen atoms in total. The largest absolute Gasteiger partial charge is 0.411 e. The number of alkyl halides is 6. The highest BCUT2D eigenvalue weighted by Gasteiger charge is 2.72. The maximum Gasteiger partial charge on any atom is 0.411 e. The molecule has 204 valence electrons. The van der Waals surface area contributed by atoms with Crippen LogP contribution >= 0.6 is 0 Å². The minimum atomic E-state index is -5.76. The molecule has 0 spiro atoms. The van der Waals surface area contributed by atoms with Gasteiger partial charge < -0.3 is 22.1 Å². The van der Waals surface area contributed by atoms with Gasteiger partial charge >= 0.3 is 12.4 Å². The fraction of sp³-hybridized carbons (Fsp3) is 0.172. The van der Waals surface area contributed by atoms with E-state index in [1.54, 1.807) is 24.3 Å². The molecule has 0 aliphatic rings. The van der Waals surface area contributed by atoms with E-state index in [0.717, 1.165) is 35.4 Å². The Hall–Kier alpha value is -4.34. The van der Waals surface area contributed by atoms with Crippen LogP contribution in [0.15, 0.2) is 97.1 Å². The van der Waals surface area contributed by atoms with Gasteiger partial charge in [-0.3, -0.25) is 0 Å². The standard InChI is InChI=1S/C29H26F6N4/c30-28(31,32)27(29(33,34)35,21-11-13-25(23(36)15-21)38-17-19-7-3-1-4-8-19)22-12-14-26(24(37)16-22)39-18-20-9-5-2-6-10-20/h1-16,38-39H,17-18,36-37H2. The number of anilines is 4. The average Bonchev–Trinajstić information content (AvgIpc) is 2.87. The SMILES string of the molecule is Nc1cc(C(c2ccc(NCc3ccccc3)c(N)c2)(C(F)(F)F)C(F)(F)F)ccc1NCc1ccccc1. The normalized spacial score (nSPS) is 12.3. The molecule has 0 unspecified atom stereocenters. The summed E-state index contributed by atoms with van der Waals surface area (Å²) in [6.07, 6.45) is -11.5. The molecule has 0 amide bonds. The van der Waals surface area contributed by atoms with E-state index in [0.29, 0.717) is 12.1 Å². The smallest absolute Gasteiger partial charge is 0.397 e. The summed E-state index contributed by atoms with van der Waals surface area (Å²) in [5.41, 5.74) is 7.07. The van der Waals surface area contributed by atoms with E-state index in [-0.39, 0.29) is 35.8 Å². The second-order valence-electron chi connectivity index (χ2n) is 9.03. The summed E-state index contributed by atoms with van der Waals surface area (Å²) in [5.74, 6) is 0. The van der Waals surface area contributed by atoms with Crippen molar-refractivity contribution >= 4 is 22.7 Å². The van der Waals surface area contributed by atoms with E-state index < -0.39 is 28.9 Å². The van der Waals surface area contributed by atoms with Crippen LogP contribution in [0.2, 0.25) is 0 Å². The number of hydrogen-bond donors (Lipinski definition) is 4. The Labute approximate surface area is 221 Å². The van der Waals surface area contributed by atoms with Crippen molar-refractivity contribution in [2.24, 2.45) is 0 Å². The number of rotatable bonds is 8. The Morgan fingerprint density at radius 3 is 1.18 bits per heavy atom. The van der Waals surface area contributed by atoms with Crippen LogP contribution in [0.5, 0.6) is 0 Å². The molecule has 0 saturated heterocycles. The van der Waals surface area contributed by atoms with E-state index in [4.69, 9.17) is 11.5 Å². The van der Waals surface area contributed by atoms with Crippen molar-refractivity contribution in [1.82, 2.24) is 0 Å². The third kappa shape index (κ3) is 5.59. The number of hydrogen-bond acceptors (Lipinski definition) is 4. The third-order valence-corrected chi connectivity index (χ3v) is 6.47. The molecule has 0 aliphatic heterocycles. The lowest BCUT2D eigenvalue weighted by Gasteiger charge is -2.38. The molecule has 0 atom stereocenters. The molecule has 0 aliphatic carbocycles. The van der Waals surface area contributed by atoms with Crippen LogP contribution in [-0.2, 0) is 18.5 Å². The van der Waals surface area contributed by atoms with Crippen molar-refractivity contribution in [3.8, 4) is 0 Å². The average molecular weight is 545 g/mol. The summed E-state index contributed by atoms with van der Waals surface area (Å²) in [6.45, 7) is 0.560. The summed E-state index contributed by atoms with van der Waals surface area (Å²) in [7, 11) is 0. The van der Waals surface area contributed by atoms with Crippen molar-refractivity contribution < 1.29 is 26.3 Å². The summed E-state index contributed by atoms with van der Waals surface area (Å²) in [5, 5.41) is 5.91. The van der Waals surface area contributed by atoms with Crippen LogP contribution < -0.4 is 22.1 Å². The summed E-state index contributed by atoms with van der Waals surface area (Å²) < 4.78 is 87.7. The van der Waals surface area contributed by atoms with Crippen LogP contribution in [0.1, 0.15) is 22.3 Å². The highest BCUT2D eigenvalue weighted by atomic mass is 19.4. The first-order valence-corrected chi connectivity index (χ1v) is 11.9. The summed E-state index contributed by atoms with van der Waals surface area (Å²) >= 11 is 0. The van der Waals surface area contributed by atoms with Crippen LogP contribution in [0, 0.1) is 0 Å². The molecule has 0 heterocycles. The van der Waals surface area contributed by atoms with Gasteiger partial charge in [-0.15, -0.1) is 0 Å². The zero-order valence-electron chi connectivity index (χ0n) is 20.6. The maximum absolute atomic E-state index is 14.6. The monoisotopic (exact) mass is 544 g/mol. The number of benzene rings is 4. The highest BCUT2D eigenvalue weighted by molar-refractivity contribution is 5.71.